The van der Waals surface area contributed by atoms with Gasteiger partial charge in [-0.15, -0.1) is 24.8 Å². The van der Waals surface area contributed by atoms with Gasteiger partial charge in [-0.2, -0.15) is 0 Å². The molecule has 3 nitrogen and oxygen atoms in total. The second-order valence-electron chi connectivity index (χ2n) is 7.09. The Labute approximate surface area is 176 Å². The molecular formula is C22H32Cl2N2O. The zero-order valence-corrected chi connectivity index (χ0v) is 17.7. The van der Waals surface area contributed by atoms with E-state index in [0.29, 0.717) is 0 Å². The monoisotopic (exact) mass is 410 g/mol. The van der Waals surface area contributed by atoms with Crippen molar-refractivity contribution in [3.63, 3.8) is 0 Å². The molecule has 1 N–H and O–H groups in total. The lowest BCUT2D eigenvalue weighted by molar-refractivity contribution is 0.0570. The van der Waals surface area contributed by atoms with Crippen molar-refractivity contribution >= 4 is 30.5 Å². The molecule has 0 radical (unpaired) electrons. The first-order valence-electron chi connectivity index (χ1n) is 9.47. The van der Waals surface area contributed by atoms with E-state index >= 15 is 0 Å². The highest BCUT2D eigenvalue weighted by Crippen LogP contribution is 2.28. The lowest BCUT2D eigenvalue weighted by Crippen LogP contribution is -2.52. The fourth-order valence-corrected chi connectivity index (χ4v) is 3.53. The number of hydrogen-bond acceptors (Lipinski definition) is 3. The van der Waals surface area contributed by atoms with Gasteiger partial charge in [0.2, 0.25) is 0 Å². The Morgan fingerprint density at radius 2 is 1.52 bits per heavy atom. The molecule has 150 valence electrons. The highest BCUT2D eigenvalue weighted by molar-refractivity contribution is 5.85. The third-order valence-corrected chi connectivity index (χ3v) is 4.97. The van der Waals surface area contributed by atoms with Crippen molar-refractivity contribution in [2.75, 3.05) is 31.6 Å². The molecule has 5 heteroatoms. The fraction of sp³-hybridized carbons (Fsp3) is 0.455. The van der Waals surface area contributed by atoms with E-state index in [-0.39, 0.29) is 30.4 Å². The maximum absolute atomic E-state index is 5.97. The molecule has 0 saturated carbocycles. The van der Waals surface area contributed by atoms with Gasteiger partial charge in [0.15, 0.2) is 0 Å². The van der Waals surface area contributed by atoms with Crippen molar-refractivity contribution in [2.24, 2.45) is 0 Å². The Kier molecular flexibility index (Phi) is 10.8. The zero-order chi connectivity index (χ0) is 17.4. The molecule has 3 rings (SSSR count). The van der Waals surface area contributed by atoms with Crippen molar-refractivity contribution in [1.29, 1.82) is 0 Å². The summed E-state index contributed by atoms with van der Waals surface area (Å²) in [5.41, 5.74) is 2.64. The van der Waals surface area contributed by atoms with Crippen LogP contribution in [-0.4, -0.2) is 36.7 Å². The number of ether oxygens (including phenoxy) is 1. The Hall–Kier alpha value is -1.26. The van der Waals surface area contributed by atoms with Gasteiger partial charge in [-0.1, -0.05) is 55.5 Å². The molecule has 0 amide bonds. The van der Waals surface area contributed by atoms with Crippen LogP contribution >= 0.6 is 24.8 Å². The second kappa shape index (κ2) is 12.2. The topological polar surface area (TPSA) is 24.5 Å². The number of nitrogens with zero attached hydrogens (tertiary/aromatic N) is 1. The summed E-state index contributed by atoms with van der Waals surface area (Å²) < 4.78 is 5.97. The van der Waals surface area contributed by atoms with Crippen molar-refractivity contribution in [3.05, 3.63) is 66.2 Å². The van der Waals surface area contributed by atoms with Gasteiger partial charge in [0.05, 0.1) is 12.1 Å². The number of hydrogen-bond donors (Lipinski definition) is 1. The number of nitrogens with one attached hydrogen (secondary N) is 1. The zero-order valence-electron chi connectivity index (χ0n) is 16.1. The molecule has 1 heterocycles. The molecule has 0 unspecified atom stereocenters. The number of halogens is 2. The van der Waals surface area contributed by atoms with Crippen LogP contribution in [0.4, 0.5) is 5.69 Å². The van der Waals surface area contributed by atoms with Crippen LogP contribution in [0, 0.1) is 0 Å². The van der Waals surface area contributed by atoms with Crippen LogP contribution < -0.4 is 5.32 Å². The first-order chi connectivity index (χ1) is 12.3. The number of benzene rings is 2. The maximum atomic E-state index is 5.97. The molecule has 0 spiro atoms. The molecule has 2 aromatic carbocycles. The van der Waals surface area contributed by atoms with E-state index in [1.165, 1.54) is 11.3 Å². The highest BCUT2D eigenvalue weighted by Gasteiger charge is 2.34. The van der Waals surface area contributed by atoms with Gasteiger partial charge in [0.1, 0.15) is 0 Å². The van der Waals surface area contributed by atoms with E-state index in [0.717, 1.165) is 52.1 Å². The predicted molar refractivity (Wildman–Crippen MR) is 119 cm³/mol. The van der Waals surface area contributed by atoms with Gasteiger partial charge in [0.25, 0.3) is 0 Å². The quantitative estimate of drug-likeness (QED) is 0.589. The molecule has 0 aliphatic carbocycles. The third-order valence-electron chi connectivity index (χ3n) is 4.97. The van der Waals surface area contributed by atoms with E-state index in [1.807, 2.05) is 0 Å². The van der Waals surface area contributed by atoms with E-state index in [9.17, 15) is 0 Å². The molecule has 0 atom stereocenters. The molecule has 0 bridgehead atoms. The average molecular weight is 411 g/mol. The number of rotatable bonds is 8. The summed E-state index contributed by atoms with van der Waals surface area (Å²) in [6, 6.07) is 21.3. The summed E-state index contributed by atoms with van der Waals surface area (Å²) >= 11 is 0. The molecule has 27 heavy (non-hydrogen) atoms. The highest BCUT2D eigenvalue weighted by atomic mass is 35.5. The molecule has 1 fully saturated rings. The standard InChI is InChI=1S/C22H30N2O.2ClH/c1-2-17-25-19-22(23-21-11-7-4-8-12-21)13-15-24(16-14-22)18-20-9-5-3-6-10-20;;/h3-12,23H,2,13-19H2,1H3;2*1H. The number of piperidine rings is 1. The molecule has 1 aliphatic rings. The van der Waals surface area contributed by atoms with Crippen LogP contribution in [0.2, 0.25) is 0 Å². The summed E-state index contributed by atoms with van der Waals surface area (Å²) in [6.07, 6.45) is 3.29. The van der Waals surface area contributed by atoms with Gasteiger partial charge >= 0.3 is 0 Å². The third kappa shape index (κ3) is 7.34. The lowest BCUT2D eigenvalue weighted by Gasteiger charge is -2.43. The summed E-state index contributed by atoms with van der Waals surface area (Å²) in [7, 11) is 0. The van der Waals surface area contributed by atoms with Crippen LogP contribution in [0.25, 0.3) is 0 Å². The minimum atomic E-state index is 0. The van der Waals surface area contributed by atoms with Crippen LogP contribution in [0.1, 0.15) is 31.7 Å². The number of para-hydroxylation sites is 1. The van der Waals surface area contributed by atoms with Gasteiger partial charge in [-0.25, -0.2) is 0 Å². The smallest absolute Gasteiger partial charge is 0.0697 e. The van der Waals surface area contributed by atoms with Crippen LogP contribution in [-0.2, 0) is 11.3 Å². The Morgan fingerprint density at radius 1 is 0.926 bits per heavy atom. The Morgan fingerprint density at radius 3 is 2.11 bits per heavy atom. The molecule has 0 aromatic heterocycles. The fourth-order valence-electron chi connectivity index (χ4n) is 3.53. The van der Waals surface area contributed by atoms with Gasteiger partial charge in [-0.3, -0.25) is 4.90 Å². The van der Waals surface area contributed by atoms with Gasteiger partial charge < -0.3 is 10.1 Å². The number of anilines is 1. The van der Waals surface area contributed by atoms with Crippen LogP contribution in [0.5, 0.6) is 0 Å². The Balaban J connectivity index is 0.00000182. The molecular weight excluding hydrogens is 379 g/mol. The van der Waals surface area contributed by atoms with E-state index < -0.39 is 0 Å². The SMILES string of the molecule is CCCOCC1(Nc2ccccc2)CCN(Cc2ccccc2)CC1.Cl.Cl. The van der Waals surface area contributed by atoms with Crippen molar-refractivity contribution in [2.45, 2.75) is 38.3 Å². The average Bonchev–Trinajstić information content (AvgIpc) is 2.66. The normalized spacial score (nSPS) is 16.0. The van der Waals surface area contributed by atoms with Crippen molar-refractivity contribution in [3.8, 4) is 0 Å². The van der Waals surface area contributed by atoms with Crippen molar-refractivity contribution < 1.29 is 4.74 Å². The molecule has 2 aromatic rings. The summed E-state index contributed by atoms with van der Waals surface area (Å²) in [5.74, 6) is 0. The maximum Gasteiger partial charge on any atom is 0.0697 e. The van der Waals surface area contributed by atoms with Crippen LogP contribution in [0.15, 0.2) is 60.7 Å². The van der Waals surface area contributed by atoms with E-state index in [2.05, 4.69) is 77.8 Å². The van der Waals surface area contributed by atoms with Crippen molar-refractivity contribution in [1.82, 2.24) is 4.90 Å². The molecule has 1 aliphatic heterocycles. The summed E-state index contributed by atoms with van der Waals surface area (Å²) in [4.78, 5) is 2.56. The minimum absolute atomic E-state index is 0. The second-order valence-corrected chi connectivity index (χ2v) is 7.09. The first kappa shape index (κ1) is 23.8. The summed E-state index contributed by atoms with van der Waals surface area (Å²) in [5, 5.41) is 3.79. The van der Waals surface area contributed by atoms with E-state index in [4.69, 9.17) is 4.74 Å². The van der Waals surface area contributed by atoms with Gasteiger partial charge in [0, 0.05) is 31.9 Å². The predicted octanol–water partition coefficient (Wildman–Crippen LogP) is 5.40. The largest absolute Gasteiger partial charge is 0.379 e. The molecule has 1 saturated heterocycles. The van der Waals surface area contributed by atoms with Gasteiger partial charge in [-0.05, 0) is 37.0 Å². The lowest BCUT2D eigenvalue weighted by atomic mass is 9.87. The van der Waals surface area contributed by atoms with Crippen LogP contribution in [0.3, 0.4) is 0 Å². The summed E-state index contributed by atoms with van der Waals surface area (Å²) in [6.45, 7) is 7.03. The first-order valence-corrected chi connectivity index (χ1v) is 9.47. The van der Waals surface area contributed by atoms with E-state index in [1.54, 1.807) is 0 Å². The minimum Gasteiger partial charge on any atom is -0.379 e. The Bertz CT molecular complexity index is 617. The number of likely N-dealkylation sites (tertiary alicyclic amines) is 1.